The molecule has 2 amide bonds. The highest BCUT2D eigenvalue weighted by Gasteiger charge is 2.21. The van der Waals surface area contributed by atoms with Crippen molar-refractivity contribution >= 4 is 17.5 Å². The fourth-order valence-corrected chi connectivity index (χ4v) is 3.11. The Morgan fingerprint density at radius 2 is 1.80 bits per heavy atom. The zero-order valence-electron chi connectivity index (χ0n) is 15.0. The second-order valence-corrected chi connectivity index (χ2v) is 6.73. The van der Waals surface area contributed by atoms with E-state index < -0.39 is 0 Å². The maximum absolute atomic E-state index is 12.5. The number of benzene rings is 2. The van der Waals surface area contributed by atoms with Crippen LogP contribution in [0.15, 0.2) is 42.5 Å². The van der Waals surface area contributed by atoms with Crippen LogP contribution in [-0.4, -0.2) is 18.4 Å². The molecule has 1 unspecified atom stereocenters. The third-order valence-electron chi connectivity index (χ3n) is 4.89. The van der Waals surface area contributed by atoms with Crippen LogP contribution in [-0.2, 0) is 4.79 Å². The van der Waals surface area contributed by atoms with Crippen LogP contribution in [0.5, 0.6) is 0 Å². The van der Waals surface area contributed by atoms with Crippen LogP contribution in [0.25, 0.3) is 0 Å². The number of nitrogens with one attached hydrogen (secondary N) is 1. The maximum Gasteiger partial charge on any atom is 0.251 e. The van der Waals surface area contributed by atoms with Gasteiger partial charge in [0.2, 0.25) is 5.91 Å². The van der Waals surface area contributed by atoms with Gasteiger partial charge in [-0.3, -0.25) is 9.59 Å². The number of rotatable bonds is 4. The zero-order chi connectivity index (χ0) is 18.0. The van der Waals surface area contributed by atoms with Crippen molar-refractivity contribution in [3.8, 4) is 0 Å². The molecule has 1 aliphatic heterocycles. The Morgan fingerprint density at radius 3 is 2.40 bits per heavy atom. The van der Waals surface area contributed by atoms with E-state index in [1.165, 1.54) is 11.1 Å². The molecule has 0 aromatic heterocycles. The minimum absolute atomic E-state index is 0.0633. The van der Waals surface area contributed by atoms with E-state index >= 15 is 0 Å². The van der Waals surface area contributed by atoms with Crippen LogP contribution in [0, 0.1) is 13.8 Å². The smallest absolute Gasteiger partial charge is 0.251 e. The molecule has 3 rings (SSSR count). The van der Waals surface area contributed by atoms with E-state index in [9.17, 15) is 9.59 Å². The van der Waals surface area contributed by atoms with Gasteiger partial charge < -0.3 is 10.2 Å². The molecule has 130 valence electrons. The summed E-state index contributed by atoms with van der Waals surface area (Å²) >= 11 is 0. The van der Waals surface area contributed by atoms with Crippen molar-refractivity contribution in [2.24, 2.45) is 0 Å². The summed E-state index contributed by atoms with van der Waals surface area (Å²) in [5.74, 6) is 0.0468. The molecule has 0 aliphatic carbocycles. The lowest BCUT2D eigenvalue weighted by atomic mass is 10.0. The molecule has 1 heterocycles. The van der Waals surface area contributed by atoms with Gasteiger partial charge in [0.15, 0.2) is 0 Å². The van der Waals surface area contributed by atoms with Gasteiger partial charge in [-0.15, -0.1) is 0 Å². The molecule has 4 nitrogen and oxygen atoms in total. The molecule has 25 heavy (non-hydrogen) atoms. The van der Waals surface area contributed by atoms with Crippen molar-refractivity contribution < 1.29 is 9.59 Å². The lowest BCUT2D eigenvalue weighted by molar-refractivity contribution is -0.117. The molecule has 1 atom stereocenters. The predicted octanol–water partition coefficient (Wildman–Crippen LogP) is 3.92. The van der Waals surface area contributed by atoms with Crippen molar-refractivity contribution in [1.29, 1.82) is 0 Å². The van der Waals surface area contributed by atoms with Gasteiger partial charge in [0.05, 0.1) is 6.04 Å². The standard InChI is InChI=1S/C21H24N2O2/c1-14-6-7-18(13-15(14)2)16(3)22-21(25)17-8-10-19(11-9-17)23-12-4-5-20(23)24/h6-11,13,16H,4-5,12H2,1-3H3,(H,22,25). The SMILES string of the molecule is Cc1ccc(C(C)NC(=O)c2ccc(N3CCCC3=O)cc2)cc1C. The third-order valence-corrected chi connectivity index (χ3v) is 4.89. The molecule has 2 aromatic rings. The summed E-state index contributed by atoms with van der Waals surface area (Å²) in [6.07, 6.45) is 1.50. The Kier molecular flexibility index (Phi) is 4.88. The first kappa shape index (κ1) is 17.2. The Hall–Kier alpha value is -2.62. The molecule has 1 fully saturated rings. The third kappa shape index (κ3) is 3.73. The van der Waals surface area contributed by atoms with Crippen LogP contribution >= 0.6 is 0 Å². The Balaban J connectivity index is 1.68. The van der Waals surface area contributed by atoms with Gasteiger partial charge in [-0.05, 0) is 68.1 Å². The number of hydrogen-bond acceptors (Lipinski definition) is 2. The summed E-state index contributed by atoms with van der Waals surface area (Å²) < 4.78 is 0. The summed E-state index contributed by atoms with van der Waals surface area (Å²) in [5.41, 5.74) is 5.02. The predicted molar refractivity (Wildman–Crippen MR) is 99.8 cm³/mol. The zero-order valence-corrected chi connectivity index (χ0v) is 15.0. The first-order valence-corrected chi connectivity index (χ1v) is 8.74. The van der Waals surface area contributed by atoms with Crippen LogP contribution < -0.4 is 10.2 Å². The summed E-state index contributed by atoms with van der Waals surface area (Å²) in [6.45, 7) is 6.90. The van der Waals surface area contributed by atoms with Crippen LogP contribution in [0.3, 0.4) is 0 Å². The number of anilines is 1. The van der Waals surface area contributed by atoms with Gasteiger partial charge in [-0.25, -0.2) is 0 Å². The van der Waals surface area contributed by atoms with Gasteiger partial charge >= 0.3 is 0 Å². The van der Waals surface area contributed by atoms with Gasteiger partial charge in [-0.2, -0.15) is 0 Å². The second kappa shape index (κ2) is 7.09. The van der Waals surface area contributed by atoms with Gasteiger partial charge in [0.1, 0.15) is 0 Å². The first-order valence-electron chi connectivity index (χ1n) is 8.74. The van der Waals surface area contributed by atoms with Crippen molar-refractivity contribution in [1.82, 2.24) is 5.32 Å². The number of carbonyl (C=O) groups excluding carboxylic acids is 2. The fraction of sp³-hybridized carbons (Fsp3) is 0.333. The highest BCUT2D eigenvalue weighted by molar-refractivity contribution is 5.97. The number of amides is 2. The highest BCUT2D eigenvalue weighted by atomic mass is 16.2. The fourth-order valence-electron chi connectivity index (χ4n) is 3.11. The lowest BCUT2D eigenvalue weighted by Gasteiger charge is -2.17. The molecule has 0 bridgehead atoms. The van der Waals surface area contributed by atoms with E-state index in [4.69, 9.17) is 0 Å². The number of aryl methyl sites for hydroxylation is 2. The van der Waals surface area contributed by atoms with Crippen LogP contribution in [0.2, 0.25) is 0 Å². The molecule has 1 aliphatic rings. The molecule has 1 saturated heterocycles. The molecule has 2 aromatic carbocycles. The quantitative estimate of drug-likeness (QED) is 0.920. The van der Waals surface area contributed by atoms with Crippen LogP contribution in [0.4, 0.5) is 5.69 Å². The van der Waals surface area contributed by atoms with E-state index in [0.29, 0.717) is 12.0 Å². The minimum Gasteiger partial charge on any atom is -0.346 e. The molecular formula is C21H24N2O2. The molecule has 0 spiro atoms. The first-order chi connectivity index (χ1) is 12.0. The number of carbonyl (C=O) groups is 2. The van der Waals surface area contributed by atoms with E-state index in [2.05, 4.69) is 37.4 Å². The van der Waals surface area contributed by atoms with Crippen molar-refractivity contribution in [3.63, 3.8) is 0 Å². The van der Waals surface area contributed by atoms with E-state index in [0.717, 1.165) is 24.2 Å². The Bertz CT molecular complexity index is 796. The number of nitrogens with zero attached hydrogens (tertiary/aromatic N) is 1. The summed E-state index contributed by atoms with van der Waals surface area (Å²) in [5, 5.41) is 3.04. The van der Waals surface area contributed by atoms with E-state index in [-0.39, 0.29) is 17.9 Å². The number of hydrogen-bond donors (Lipinski definition) is 1. The minimum atomic E-state index is -0.106. The Morgan fingerprint density at radius 1 is 1.08 bits per heavy atom. The molecule has 0 radical (unpaired) electrons. The molecule has 4 heteroatoms. The van der Waals surface area contributed by atoms with Crippen molar-refractivity contribution in [2.75, 3.05) is 11.4 Å². The molecule has 0 saturated carbocycles. The maximum atomic E-state index is 12.5. The van der Waals surface area contributed by atoms with Gasteiger partial charge in [0, 0.05) is 24.2 Å². The summed E-state index contributed by atoms with van der Waals surface area (Å²) in [7, 11) is 0. The largest absolute Gasteiger partial charge is 0.346 e. The van der Waals surface area contributed by atoms with Crippen molar-refractivity contribution in [3.05, 3.63) is 64.7 Å². The molecule has 1 N–H and O–H groups in total. The monoisotopic (exact) mass is 336 g/mol. The normalized spacial score (nSPS) is 15.3. The van der Waals surface area contributed by atoms with Gasteiger partial charge in [0.25, 0.3) is 5.91 Å². The van der Waals surface area contributed by atoms with E-state index in [1.807, 2.05) is 19.1 Å². The van der Waals surface area contributed by atoms with Gasteiger partial charge in [-0.1, -0.05) is 18.2 Å². The average molecular weight is 336 g/mol. The molecular weight excluding hydrogens is 312 g/mol. The lowest BCUT2D eigenvalue weighted by Crippen LogP contribution is -2.27. The van der Waals surface area contributed by atoms with E-state index in [1.54, 1.807) is 17.0 Å². The summed E-state index contributed by atoms with van der Waals surface area (Å²) in [4.78, 5) is 26.1. The second-order valence-electron chi connectivity index (χ2n) is 6.73. The average Bonchev–Trinajstić information content (AvgIpc) is 3.03. The van der Waals surface area contributed by atoms with Crippen molar-refractivity contribution in [2.45, 2.75) is 39.7 Å². The highest BCUT2D eigenvalue weighted by Crippen LogP contribution is 2.22. The van der Waals surface area contributed by atoms with Crippen LogP contribution in [0.1, 0.15) is 52.9 Å². The summed E-state index contributed by atoms with van der Waals surface area (Å²) in [6, 6.07) is 13.4. The topological polar surface area (TPSA) is 49.4 Å². The Labute approximate surface area is 148 Å².